The van der Waals surface area contributed by atoms with E-state index < -0.39 is 0 Å². The molecule has 0 saturated heterocycles. The molecule has 1 rings (SSSR count). The van der Waals surface area contributed by atoms with Crippen molar-refractivity contribution in [2.45, 2.75) is 6.17 Å². The Morgan fingerprint density at radius 3 is 2.31 bits per heavy atom. The molecule has 0 aromatic heterocycles. The van der Waals surface area contributed by atoms with Crippen molar-refractivity contribution in [3.8, 4) is 11.5 Å². The van der Waals surface area contributed by atoms with Gasteiger partial charge in [0.25, 0.3) is 0 Å². The molecule has 0 heterocycles. The predicted molar refractivity (Wildman–Crippen MR) is 65.0 cm³/mol. The summed E-state index contributed by atoms with van der Waals surface area (Å²) < 4.78 is 10.5. The molecule has 16 heavy (non-hydrogen) atoms. The average molecular weight is 224 g/mol. The topological polar surface area (TPSA) is 33.7 Å². The molecule has 1 N–H and O–H groups in total. The zero-order valence-electron chi connectivity index (χ0n) is 10.6. The van der Waals surface area contributed by atoms with Gasteiger partial charge in [0, 0.05) is 11.6 Å². The van der Waals surface area contributed by atoms with Gasteiger partial charge in [-0.1, -0.05) is 0 Å². The second-order valence-electron chi connectivity index (χ2n) is 3.76. The number of ether oxygens (including phenoxy) is 2. The number of nitrogens with zero attached hydrogens (tertiary/aromatic N) is 1. The van der Waals surface area contributed by atoms with E-state index in [9.17, 15) is 0 Å². The maximum atomic E-state index is 5.37. The lowest BCUT2D eigenvalue weighted by atomic mass is 10.1. The molecule has 1 aromatic rings. The van der Waals surface area contributed by atoms with Gasteiger partial charge in [-0.3, -0.25) is 4.90 Å². The third-order valence-corrected chi connectivity index (χ3v) is 2.53. The van der Waals surface area contributed by atoms with Crippen molar-refractivity contribution in [2.75, 3.05) is 35.4 Å². The summed E-state index contributed by atoms with van der Waals surface area (Å²) in [7, 11) is 9.28. The summed E-state index contributed by atoms with van der Waals surface area (Å²) in [6.07, 6.45) is 0.126. The Morgan fingerprint density at radius 1 is 1.19 bits per heavy atom. The first-order valence-electron chi connectivity index (χ1n) is 5.19. The van der Waals surface area contributed by atoms with Crippen LogP contribution in [-0.4, -0.2) is 40.3 Å². The SMILES string of the molecule is CNC(c1ccc(OC)cc1OC)N(C)C. The lowest BCUT2D eigenvalue weighted by molar-refractivity contribution is 0.256. The molecule has 4 heteroatoms. The summed E-state index contributed by atoms with van der Waals surface area (Å²) in [5.41, 5.74) is 1.09. The number of methoxy groups -OCH3 is 2. The van der Waals surface area contributed by atoms with Crippen LogP contribution in [0.1, 0.15) is 11.7 Å². The Balaban J connectivity index is 3.11. The number of hydrogen-bond acceptors (Lipinski definition) is 4. The zero-order valence-corrected chi connectivity index (χ0v) is 10.6. The fraction of sp³-hybridized carbons (Fsp3) is 0.500. The number of nitrogens with one attached hydrogen (secondary N) is 1. The van der Waals surface area contributed by atoms with Gasteiger partial charge in [0.15, 0.2) is 0 Å². The minimum absolute atomic E-state index is 0.126. The molecule has 0 amide bonds. The molecule has 4 nitrogen and oxygen atoms in total. The molecule has 1 unspecified atom stereocenters. The van der Waals surface area contributed by atoms with Gasteiger partial charge in [-0.15, -0.1) is 0 Å². The summed E-state index contributed by atoms with van der Waals surface area (Å²) in [6, 6.07) is 5.84. The summed E-state index contributed by atoms with van der Waals surface area (Å²) in [6.45, 7) is 0. The van der Waals surface area contributed by atoms with E-state index in [2.05, 4.69) is 10.2 Å². The van der Waals surface area contributed by atoms with Gasteiger partial charge < -0.3 is 14.8 Å². The highest BCUT2D eigenvalue weighted by Gasteiger charge is 2.16. The van der Waals surface area contributed by atoms with Crippen LogP contribution in [0.4, 0.5) is 0 Å². The Hall–Kier alpha value is -1.26. The van der Waals surface area contributed by atoms with Crippen molar-refractivity contribution in [3.63, 3.8) is 0 Å². The first kappa shape index (κ1) is 12.8. The normalized spacial score (nSPS) is 12.6. The van der Waals surface area contributed by atoms with Crippen LogP contribution in [0.15, 0.2) is 18.2 Å². The maximum absolute atomic E-state index is 5.37. The standard InChI is InChI=1S/C12H20N2O2/c1-13-12(14(2)3)10-7-6-9(15-4)8-11(10)16-5/h6-8,12-13H,1-5H3. The summed E-state index contributed by atoms with van der Waals surface area (Å²) in [4.78, 5) is 2.09. The Kier molecular flexibility index (Phi) is 4.58. The number of hydrogen-bond donors (Lipinski definition) is 1. The van der Waals surface area contributed by atoms with E-state index in [1.165, 1.54) is 0 Å². The number of benzene rings is 1. The van der Waals surface area contributed by atoms with E-state index in [1.807, 2.05) is 39.3 Å². The van der Waals surface area contributed by atoms with Gasteiger partial charge in [-0.25, -0.2) is 0 Å². The lowest BCUT2D eigenvalue weighted by Gasteiger charge is -2.25. The molecular weight excluding hydrogens is 204 g/mol. The van der Waals surface area contributed by atoms with Gasteiger partial charge in [-0.2, -0.15) is 0 Å². The molecule has 0 aliphatic rings. The highest BCUT2D eigenvalue weighted by Crippen LogP contribution is 2.29. The Labute approximate surface area is 97.2 Å². The van der Waals surface area contributed by atoms with Gasteiger partial charge in [0.05, 0.1) is 20.4 Å². The Bertz CT molecular complexity index is 340. The third kappa shape index (κ3) is 2.65. The molecular formula is C12H20N2O2. The molecule has 0 saturated carbocycles. The van der Waals surface area contributed by atoms with E-state index in [1.54, 1.807) is 14.2 Å². The Morgan fingerprint density at radius 2 is 1.88 bits per heavy atom. The van der Waals surface area contributed by atoms with Gasteiger partial charge in [-0.05, 0) is 33.3 Å². The summed E-state index contributed by atoms with van der Waals surface area (Å²) in [5.74, 6) is 1.63. The van der Waals surface area contributed by atoms with Gasteiger partial charge in [0.1, 0.15) is 11.5 Å². The fourth-order valence-corrected chi connectivity index (χ4v) is 1.74. The molecule has 0 aliphatic carbocycles. The van der Waals surface area contributed by atoms with Crippen LogP contribution in [0.3, 0.4) is 0 Å². The van der Waals surface area contributed by atoms with Gasteiger partial charge in [0.2, 0.25) is 0 Å². The molecule has 0 radical (unpaired) electrons. The van der Waals surface area contributed by atoms with Crippen LogP contribution >= 0.6 is 0 Å². The fourth-order valence-electron chi connectivity index (χ4n) is 1.74. The molecule has 1 atom stereocenters. The predicted octanol–water partition coefficient (Wildman–Crippen LogP) is 1.48. The second kappa shape index (κ2) is 5.72. The first-order valence-corrected chi connectivity index (χ1v) is 5.19. The van der Waals surface area contributed by atoms with Gasteiger partial charge >= 0.3 is 0 Å². The van der Waals surface area contributed by atoms with E-state index in [4.69, 9.17) is 9.47 Å². The van der Waals surface area contributed by atoms with E-state index in [0.717, 1.165) is 17.1 Å². The highest BCUT2D eigenvalue weighted by molar-refractivity contribution is 5.42. The minimum atomic E-state index is 0.126. The number of rotatable bonds is 5. The molecule has 90 valence electrons. The van der Waals surface area contributed by atoms with Crippen LogP contribution in [0, 0.1) is 0 Å². The quantitative estimate of drug-likeness (QED) is 0.768. The molecule has 0 fully saturated rings. The molecule has 0 bridgehead atoms. The van der Waals surface area contributed by atoms with Crippen molar-refractivity contribution in [1.29, 1.82) is 0 Å². The van der Waals surface area contributed by atoms with Crippen LogP contribution in [0.5, 0.6) is 11.5 Å². The summed E-state index contributed by atoms with van der Waals surface area (Å²) >= 11 is 0. The third-order valence-electron chi connectivity index (χ3n) is 2.53. The second-order valence-corrected chi connectivity index (χ2v) is 3.76. The minimum Gasteiger partial charge on any atom is -0.497 e. The van der Waals surface area contributed by atoms with E-state index in [-0.39, 0.29) is 6.17 Å². The molecule has 0 aliphatic heterocycles. The van der Waals surface area contributed by atoms with Crippen molar-refractivity contribution >= 4 is 0 Å². The average Bonchev–Trinajstić information content (AvgIpc) is 2.29. The van der Waals surface area contributed by atoms with Crippen molar-refractivity contribution < 1.29 is 9.47 Å². The van der Waals surface area contributed by atoms with Crippen LogP contribution < -0.4 is 14.8 Å². The van der Waals surface area contributed by atoms with Crippen molar-refractivity contribution in [1.82, 2.24) is 10.2 Å². The maximum Gasteiger partial charge on any atom is 0.128 e. The monoisotopic (exact) mass is 224 g/mol. The lowest BCUT2D eigenvalue weighted by Crippen LogP contribution is -2.31. The zero-order chi connectivity index (χ0) is 12.1. The van der Waals surface area contributed by atoms with Crippen LogP contribution in [0.2, 0.25) is 0 Å². The highest BCUT2D eigenvalue weighted by atomic mass is 16.5. The largest absolute Gasteiger partial charge is 0.497 e. The smallest absolute Gasteiger partial charge is 0.128 e. The van der Waals surface area contributed by atoms with Crippen molar-refractivity contribution in [2.24, 2.45) is 0 Å². The van der Waals surface area contributed by atoms with Crippen LogP contribution in [0.25, 0.3) is 0 Å². The van der Waals surface area contributed by atoms with Crippen molar-refractivity contribution in [3.05, 3.63) is 23.8 Å². The molecule has 0 spiro atoms. The van der Waals surface area contributed by atoms with Crippen LogP contribution in [-0.2, 0) is 0 Å². The molecule has 1 aromatic carbocycles. The summed E-state index contributed by atoms with van der Waals surface area (Å²) in [5, 5.41) is 3.24. The van der Waals surface area contributed by atoms with E-state index in [0.29, 0.717) is 0 Å². The van der Waals surface area contributed by atoms with E-state index >= 15 is 0 Å². The first-order chi connectivity index (χ1) is 7.63.